The Kier molecular flexibility index (Phi) is 6.69. The lowest BCUT2D eigenvalue weighted by atomic mass is 10.1. The number of aliphatic carboxylic acids is 1. The van der Waals surface area contributed by atoms with Crippen LogP contribution in [-0.4, -0.2) is 31.4 Å². The van der Waals surface area contributed by atoms with Crippen LogP contribution in [0.2, 0.25) is 0 Å². The second kappa shape index (κ2) is 8.97. The number of hydrogen-bond donors (Lipinski definition) is 1. The minimum Gasteiger partial charge on any atom is -0.497 e. The van der Waals surface area contributed by atoms with Crippen LogP contribution in [0.15, 0.2) is 36.4 Å². The number of benzene rings is 2. The zero-order valence-corrected chi connectivity index (χ0v) is 14.9. The van der Waals surface area contributed by atoms with E-state index in [4.69, 9.17) is 19.3 Å². The van der Waals surface area contributed by atoms with E-state index in [2.05, 4.69) is 0 Å². The number of carboxylic acids is 1. The molecule has 0 heterocycles. The number of hydrogen-bond acceptors (Lipinski definition) is 4. The molecule has 5 nitrogen and oxygen atoms in total. The molecule has 2 aromatic carbocycles. The van der Waals surface area contributed by atoms with Crippen LogP contribution < -0.4 is 14.2 Å². The Bertz CT molecular complexity index is 704. The van der Waals surface area contributed by atoms with Gasteiger partial charge in [-0.25, -0.2) is 0 Å². The first kappa shape index (κ1) is 18.6. The third kappa shape index (κ3) is 5.41. The van der Waals surface area contributed by atoms with Gasteiger partial charge in [-0.05, 0) is 43.0 Å². The minimum absolute atomic E-state index is 0.0571. The van der Waals surface area contributed by atoms with Crippen molar-refractivity contribution in [1.29, 1.82) is 0 Å². The Morgan fingerprint density at radius 1 is 1.04 bits per heavy atom. The Morgan fingerprint density at radius 3 is 2.36 bits per heavy atom. The van der Waals surface area contributed by atoms with Gasteiger partial charge in [0.15, 0.2) is 0 Å². The van der Waals surface area contributed by atoms with Crippen LogP contribution in [0.5, 0.6) is 17.2 Å². The van der Waals surface area contributed by atoms with E-state index in [1.807, 2.05) is 38.1 Å². The molecule has 0 aliphatic heterocycles. The molecular weight excluding hydrogens is 320 g/mol. The highest BCUT2D eigenvalue weighted by Gasteiger charge is 2.09. The lowest BCUT2D eigenvalue weighted by Crippen LogP contribution is -2.11. The third-order valence-electron chi connectivity index (χ3n) is 3.88. The summed E-state index contributed by atoms with van der Waals surface area (Å²) in [5, 5.41) is 8.87. The third-order valence-corrected chi connectivity index (χ3v) is 3.88. The maximum atomic E-state index is 10.8. The van der Waals surface area contributed by atoms with E-state index in [0.717, 1.165) is 22.4 Å². The van der Waals surface area contributed by atoms with Crippen molar-refractivity contribution in [2.45, 2.75) is 26.7 Å². The zero-order chi connectivity index (χ0) is 18.2. The summed E-state index contributed by atoms with van der Waals surface area (Å²) in [5.41, 5.74) is 3.02. The molecule has 134 valence electrons. The second-order valence-corrected chi connectivity index (χ2v) is 5.79. The molecule has 0 bridgehead atoms. The highest BCUT2D eigenvalue weighted by atomic mass is 16.5. The van der Waals surface area contributed by atoms with Crippen molar-refractivity contribution in [3.8, 4) is 17.2 Å². The quantitative estimate of drug-likeness (QED) is 0.701. The molecule has 5 heteroatoms. The van der Waals surface area contributed by atoms with Crippen LogP contribution in [0.1, 0.15) is 23.1 Å². The van der Waals surface area contributed by atoms with Gasteiger partial charge in [-0.2, -0.15) is 0 Å². The molecule has 1 N–H and O–H groups in total. The van der Waals surface area contributed by atoms with Gasteiger partial charge in [0.1, 0.15) is 30.5 Å². The summed E-state index contributed by atoms with van der Waals surface area (Å²) >= 11 is 0. The Hall–Kier alpha value is -2.69. The molecular formula is C20H24O5. The monoisotopic (exact) mass is 344 g/mol. The Labute approximate surface area is 148 Å². The normalized spacial score (nSPS) is 10.4. The smallest absolute Gasteiger partial charge is 0.303 e. The van der Waals surface area contributed by atoms with Crippen molar-refractivity contribution < 1.29 is 24.1 Å². The Balaban J connectivity index is 1.97. The summed E-state index contributed by atoms with van der Waals surface area (Å²) in [4.78, 5) is 10.8. The largest absolute Gasteiger partial charge is 0.497 e. The lowest BCUT2D eigenvalue weighted by Gasteiger charge is -2.15. The molecule has 0 aliphatic rings. The van der Waals surface area contributed by atoms with E-state index in [0.29, 0.717) is 31.1 Å². The first-order valence-corrected chi connectivity index (χ1v) is 8.21. The van der Waals surface area contributed by atoms with Crippen LogP contribution in [0.3, 0.4) is 0 Å². The zero-order valence-electron chi connectivity index (χ0n) is 14.9. The maximum absolute atomic E-state index is 10.8. The number of aryl methyl sites for hydroxylation is 3. The van der Waals surface area contributed by atoms with Crippen LogP contribution >= 0.6 is 0 Å². The van der Waals surface area contributed by atoms with Gasteiger partial charge in [0.25, 0.3) is 0 Å². The summed E-state index contributed by atoms with van der Waals surface area (Å²) in [5.74, 6) is 1.35. The van der Waals surface area contributed by atoms with Gasteiger partial charge in [-0.3, -0.25) is 4.79 Å². The maximum Gasteiger partial charge on any atom is 0.303 e. The van der Waals surface area contributed by atoms with Crippen molar-refractivity contribution in [2.24, 2.45) is 0 Å². The lowest BCUT2D eigenvalue weighted by molar-refractivity contribution is -0.136. The average molecular weight is 344 g/mol. The van der Waals surface area contributed by atoms with Crippen LogP contribution in [-0.2, 0) is 11.2 Å². The first-order chi connectivity index (χ1) is 12.0. The number of methoxy groups -OCH3 is 1. The van der Waals surface area contributed by atoms with E-state index in [1.165, 1.54) is 0 Å². The molecule has 0 fully saturated rings. The van der Waals surface area contributed by atoms with Crippen LogP contribution in [0, 0.1) is 13.8 Å². The molecule has 0 spiro atoms. The molecule has 0 saturated heterocycles. The molecule has 0 atom stereocenters. The highest BCUT2D eigenvalue weighted by molar-refractivity contribution is 5.67. The van der Waals surface area contributed by atoms with Crippen LogP contribution in [0.25, 0.3) is 0 Å². The molecule has 0 amide bonds. The molecule has 2 rings (SSSR count). The molecule has 0 radical (unpaired) electrons. The van der Waals surface area contributed by atoms with E-state index in [1.54, 1.807) is 19.2 Å². The van der Waals surface area contributed by atoms with Crippen molar-refractivity contribution in [2.75, 3.05) is 20.3 Å². The van der Waals surface area contributed by atoms with E-state index >= 15 is 0 Å². The van der Waals surface area contributed by atoms with Gasteiger partial charge in [0.05, 0.1) is 7.11 Å². The SMILES string of the molecule is COc1ccc(CCC(=O)O)c(OCCOc2c(C)cccc2C)c1. The fraction of sp³-hybridized carbons (Fsp3) is 0.350. The molecule has 25 heavy (non-hydrogen) atoms. The fourth-order valence-electron chi connectivity index (χ4n) is 2.57. The second-order valence-electron chi connectivity index (χ2n) is 5.79. The van der Waals surface area contributed by atoms with Gasteiger partial charge in [-0.15, -0.1) is 0 Å². The molecule has 0 aliphatic carbocycles. The highest BCUT2D eigenvalue weighted by Crippen LogP contribution is 2.26. The fourth-order valence-corrected chi connectivity index (χ4v) is 2.57. The topological polar surface area (TPSA) is 65.0 Å². The number of carboxylic acid groups (broad SMARTS) is 1. The predicted molar refractivity (Wildman–Crippen MR) is 95.9 cm³/mol. The number of ether oxygens (including phenoxy) is 3. The predicted octanol–water partition coefficient (Wildman–Crippen LogP) is 3.79. The number of rotatable bonds is 9. The standard InChI is InChI=1S/C20H24O5/c1-14-5-4-6-15(2)20(14)25-12-11-24-18-13-17(23-3)9-7-16(18)8-10-19(21)22/h4-7,9,13H,8,10-12H2,1-3H3,(H,21,22). The van der Waals surface area contributed by atoms with Crippen molar-refractivity contribution in [1.82, 2.24) is 0 Å². The summed E-state index contributed by atoms with van der Waals surface area (Å²) in [7, 11) is 1.58. The van der Waals surface area contributed by atoms with E-state index in [-0.39, 0.29) is 6.42 Å². The summed E-state index contributed by atoms with van der Waals surface area (Å²) in [6.45, 7) is 4.78. The number of para-hydroxylation sites is 1. The van der Waals surface area contributed by atoms with Gasteiger partial charge >= 0.3 is 5.97 Å². The number of carbonyl (C=O) groups is 1. The van der Waals surface area contributed by atoms with E-state index in [9.17, 15) is 4.79 Å². The van der Waals surface area contributed by atoms with Gasteiger partial charge in [-0.1, -0.05) is 24.3 Å². The van der Waals surface area contributed by atoms with Crippen molar-refractivity contribution >= 4 is 5.97 Å². The van der Waals surface area contributed by atoms with Crippen molar-refractivity contribution in [3.63, 3.8) is 0 Å². The summed E-state index contributed by atoms with van der Waals surface area (Å²) in [6, 6.07) is 11.4. The van der Waals surface area contributed by atoms with Gasteiger partial charge in [0.2, 0.25) is 0 Å². The minimum atomic E-state index is -0.833. The molecule has 0 aromatic heterocycles. The van der Waals surface area contributed by atoms with Crippen molar-refractivity contribution in [3.05, 3.63) is 53.1 Å². The molecule has 0 unspecified atom stereocenters. The van der Waals surface area contributed by atoms with Gasteiger partial charge in [0, 0.05) is 12.5 Å². The van der Waals surface area contributed by atoms with Gasteiger partial charge < -0.3 is 19.3 Å². The summed E-state index contributed by atoms with van der Waals surface area (Å²) in [6.07, 6.45) is 0.466. The van der Waals surface area contributed by atoms with E-state index < -0.39 is 5.97 Å². The summed E-state index contributed by atoms with van der Waals surface area (Å²) < 4.78 is 16.9. The average Bonchev–Trinajstić information content (AvgIpc) is 2.59. The molecule has 0 saturated carbocycles. The Morgan fingerprint density at radius 2 is 1.72 bits per heavy atom. The molecule has 2 aromatic rings. The van der Waals surface area contributed by atoms with Crippen LogP contribution in [0.4, 0.5) is 0 Å². The first-order valence-electron chi connectivity index (χ1n) is 8.21.